The van der Waals surface area contributed by atoms with Gasteiger partial charge >= 0.3 is 0 Å². The molecule has 0 spiro atoms. The summed E-state index contributed by atoms with van der Waals surface area (Å²) in [5, 5.41) is 9.27. The van der Waals surface area contributed by atoms with Crippen LogP contribution in [0.3, 0.4) is 0 Å². The number of nitrogens with zero attached hydrogens (tertiary/aromatic N) is 1. The number of anilines is 2. The van der Waals surface area contributed by atoms with Crippen molar-refractivity contribution in [2.75, 3.05) is 22.1 Å². The third-order valence-electron chi connectivity index (χ3n) is 3.89. The van der Waals surface area contributed by atoms with E-state index in [4.69, 9.17) is 4.52 Å². The fraction of sp³-hybridized carbons (Fsp3) is 0.190. The monoisotopic (exact) mass is 395 g/mol. The van der Waals surface area contributed by atoms with Gasteiger partial charge in [-0.05, 0) is 30.5 Å². The molecule has 2 aromatic carbocycles. The summed E-state index contributed by atoms with van der Waals surface area (Å²) in [5.74, 6) is 0.973. The zero-order chi connectivity index (χ0) is 19.8. The minimum absolute atomic E-state index is 0.143. The van der Waals surface area contributed by atoms with Gasteiger partial charge in [-0.15, -0.1) is 11.8 Å². The zero-order valence-corrected chi connectivity index (χ0v) is 16.3. The van der Waals surface area contributed by atoms with E-state index >= 15 is 0 Å². The molecule has 0 unspecified atom stereocenters. The number of para-hydroxylation sites is 1. The molecule has 0 aliphatic carbocycles. The number of aromatic nitrogens is 1. The molecule has 1 aromatic heterocycles. The molecule has 0 aliphatic heterocycles. The van der Waals surface area contributed by atoms with Gasteiger partial charge in [-0.1, -0.05) is 53.7 Å². The normalized spacial score (nSPS) is 10.5. The first-order chi connectivity index (χ1) is 13.6. The van der Waals surface area contributed by atoms with Gasteiger partial charge in [-0.3, -0.25) is 9.59 Å². The zero-order valence-electron chi connectivity index (χ0n) is 15.5. The molecular formula is C21H21N3O3S. The van der Waals surface area contributed by atoms with Gasteiger partial charge < -0.3 is 15.2 Å². The van der Waals surface area contributed by atoms with Crippen LogP contribution in [-0.4, -0.2) is 28.5 Å². The summed E-state index contributed by atoms with van der Waals surface area (Å²) < 4.78 is 4.89. The van der Waals surface area contributed by atoms with Crippen LogP contribution < -0.4 is 10.6 Å². The smallest absolute Gasteiger partial charge is 0.235 e. The van der Waals surface area contributed by atoms with Crippen molar-refractivity contribution in [3.05, 3.63) is 77.6 Å². The van der Waals surface area contributed by atoms with Gasteiger partial charge in [0, 0.05) is 11.8 Å². The van der Waals surface area contributed by atoms with E-state index in [0.29, 0.717) is 11.6 Å². The van der Waals surface area contributed by atoms with Crippen LogP contribution in [0, 0.1) is 6.92 Å². The summed E-state index contributed by atoms with van der Waals surface area (Å²) in [6.45, 7) is 1.75. The fourth-order valence-corrected chi connectivity index (χ4v) is 3.26. The van der Waals surface area contributed by atoms with E-state index in [9.17, 15) is 9.59 Å². The molecule has 0 atom stereocenters. The molecule has 1 heterocycles. The van der Waals surface area contributed by atoms with Crippen LogP contribution in [0.2, 0.25) is 0 Å². The van der Waals surface area contributed by atoms with Gasteiger partial charge in [0.1, 0.15) is 5.76 Å². The van der Waals surface area contributed by atoms with E-state index in [1.165, 1.54) is 17.3 Å². The molecule has 28 heavy (non-hydrogen) atoms. The average molecular weight is 395 g/mol. The van der Waals surface area contributed by atoms with Crippen LogP contribution in [0.25, 0.3) is 0 Å². The number of hydrogen-bond acceptors (Lipinski definition) is 5. The summed E-state index contributed by atoms with van der Waals surface area (Å²) in [7, 11) is 0. The van der Waals surface area contributed by atoms with Crippen molar-refractivity contribution in [1.29, 1.82) is 0 Å². The Bertz CT molecular complexity index is 941. The third-order valence-corrected chi connectivity index (χ3v) is 4.82. The Morgan fingerprint density at radius 1 is 0.964 bits per heavy atom. The minimum Gasteiger partial charge on any atom is -0.360 e. The number of thioether (sulfide) groups is 1. The Morgan fingerprint density at radius 2 is 1.64 bits per heavy atom. The van der Waals surface area contributed by atoms with Crippen LogP contribution in [0.4, 0.5) is 11.5 Å². The van der Waals surface area contributed by atoms with E-state index in [1.54, 1.807) is 13.0 Å². The van der Waals surface area contributed by atoms with Crippen LogP contribution in [-0.2, 0) is 16.0 Å². The van der Waals surface area contributed by atoms with Crippen molar-refractivity contribution in [3.8, 4) is 0 Å². The van der Waals surface area contributed by atoms with Crippen LogP contribution in [0.1, 0.15) is 16.9 Å². The maximum atomic E-state index is 12.3. The standard InChI is InChI=1S/C21H21N3O3S/c1-15-11-19(24-27-15)23-21(26)14-28-13-20(25)22-18-10-6-5-9-17(18)12-16-7-3-2-4-8-16/h2-11H,12-14H2,1H3,(H,22,25)(H,23,24,26). The predicted molar refractivity (Wildman–Crippen MR) is 112 cm³/mol. The van der Waals surface area contributed by atoms with Gasteiger partial charge in [0.2, 0.25) is 11.8 Å². The van der Waals surface area contributed by atoms with Crippen molar-refractivity contribution in [1.82, 2.24) is 5.16 Å². The quantitative estimate of drug-likeness (QED) is 0.605. The van der Waals surface area contributed by atoms with E-state index in [0.717, 1.165) is 17.7 Å². The van der Waals surface area contributed by atoms with E-state index in [1.807, 2.05) is 42.5 Å². The van der Waals surface area contributed by atoms with Gasteiger partial charge in [-0.2, -0.15) is 0 Å². The number of hydrogen-bond donors (Lipinski definition) is 2. The largest absolute Gasteiger partial charge is 0.360 e. The Kier molecular flexibility index (Phi) is 6.86. The van der Waals surface area contributed by atoms with E-state index in [-0.39, 0.29) is 23.3 Å². The first-order valence-corrected chi connectivity index (χ1v) is 9.98. The van der Waals surface area contributed by atoms with Crippen molar-refractivity contribution in [3.63, 3.8) is 0 Å². The highest BCUT2D eigenvalue weighted by molar-refractivity contribution is 8.00. The lowest BCUT2D eigenvalue weighted by molar-refractivity contribution is -0.114. The summed E-state index contributed by atoms with van der Waals surface area (Å²) >= 11 is 1.24. The van der Waals surface area contributed by atoms with Gasteiger partial charge in [0.25, 0.3) is 0 Å². The molecule has 0 bridgehead atoms. The summed E-state index contributed by atoms with van der Waals surface area (Å²) in [5.41, 5.74) is 3.02. The summed E-state index contributed by atoms with van der Waals surface area (Å²) in [6.07, 6.45) is 0.740. The van der Waals surface area contributed by atoms with Crippen molar-refractivity contribution in [2.24, 2.45) is 0 Å². The van der Waals surface area contributed by atoms with E-state index in [2.05, 4.69) is 27.9 Å². The predicted octanol–water partition coefficient (Wildman–Crippen LogP) is 3.88. The maximum absolute atomic E-state index is 12.3. The lowest BCUT2D eigenvalue weighted by Gasteiger charge is -2.11. The van der Waals surface area contributed by atoms with Crippen molar-refractivity contribution in [2.45, 2.75) is 13.3 Å². The summed E-state index contributed by atoms with van der Waals surface area (Å²) in [6, 6.07) is 19.5. The third kappa shape index (κ3) is 5.99. The number of carbonyl (C=O) groups is 2. The molecule has 144 valence electrons. The average Bonchev–Trinajstić information content (AvgIpc) is 3.09. The second kappa shape index (κ2) is 9.75. The maximum Gasteiger partial charge on any atom is 0.235 e. The number of rotatable bonds is 8. The second-order valence-corrected chi connectivity index (χ2v) is 7.22. The molecule has 2 N–H and O–H groups in total. The molecule has 3 aromatic rings. The molecule has 0 fully saturated rings. The molecular weight excluding hydrogens is 374 g/mol. The second-order valence-electron chi connectivity index (χ2n) is 6.23. The van der Waals surface area contributed by atoms with Gasteiger partial charge in [0.05, 0.1) is 11.5 Å². The molecule has 0 saturated heterocycles. The van der Waals surface area contributed by atoms with Crippen molar-refractivity contribution < 1.29 is 14.1 Å². The highest BCUT2D eigenvalue weighted by Gasteiger charge is 2.10. The number of amides is 2. The topological polar surface area (TPSA) is 84.2 Å². The van der Waals surface area contributed by atoms with Crippen molar-refractivity contribution >= 4 is 35.1 Å². The Labute approximate surface area is 167 Å². The Morgan fingerprint density at radius 3 is 2.36 bits per heavy atom. The highest BCUT2D eigenvalue weighted by atomic mass is 32.2. The number of benzene rings is 2. The number of aryl methyl sites for hydroxylation is 1. The van der Waals surface area contributed by atoms with Gasteiger partial charge in [0.15, 0.2) is 5.82 Å². The fourth-order valence-electron chi connectivity index (χ4n) is 2.64. The molecule has 0 aliphatic rings. The molecule has 6 nitrogen and oxygen atoms in total. The minimum atomic E-state index is -0.226. The van der Waals surface area contributed by atoms with Gasteiger partial charge in [-0.25, -0.2) is 0 Å². The van der Waals surface area contributed by atoms with Crippen LogP contribution >= 0.6 is 11.8 Å². The molecule has 0 radical (unpaired) electrons. The molecule has 2 amide bonds. The van der Waals surface area contributed by atoms with E-state index < -0.39 is 0 Å². The first kappa shape index (κ1) is 19.7. The van der Waals surface area contributed by atoms with Crippen LogP contribution in [0.15, 0.2) is 65.2 Å². The highest BCUT2D eigenvalue weighted by Crippen LogP contribution is 2.19. The Hall–Kier alpha value is -3.06. The molecule has 7 heteroatoms. The number of carbonyl (C=O) groups excluding carboxylic acids is 2. The Balaban J connectivity index is 1.47. The molecule has 3 rings (SSSR count). The SMILES string of the molecule is Cc1cc(NC(=O)CSCC(=O)Nc2ccccc2Cc2ccccc2)no1. The number of nitrogens with one attached hydrogen (secondary N) is 2. The lowest BCUT2D eigenvalue weighted by Crippen LogP contribution is -2.19. The lowest BCUT2D eigenvalue weighted by atomic mass is 10.0. The molecule has 0 saturated carbocycles. The van der Waals surface area contributed by atoms with Crippen LogP contribution in [0.5, 0.6) is 0 Å². The summed E-state index contributed by atoms with van der Waals surface area (Å²) in [4.78, 5) is 24.1. The first-order valence-electron chi connectivity index (χ1n) is 8.83.